The van der Waals surface area contributed by atoms with Crippen LogP contribution in [0.1, 0.15) is 27.2 Å². The summed E-state index contributed by atoms with van der Waals surface area (Å²) in [6.07, 6.45) is -3.85. The van der Waals surface area contributed by atoms with Crippen molar-refractivity contribution in [1.29, 1.82) is 0 Å². The number of hydrogen-bond acceptors (Lipinski definition) is 7. The van der Waals surface area contributed by atoms with E-state index >= 15 is 0 Å². The number of benzene rings is 2. The topological polar surface area (TPSA) is 78.0 Å². The maximum absolute atomic E-state index is 13.0. The molecular weight excluding hydrogens is 491 g/mol. The summed E-state index contributed by atoms with van der Waals surface area (Å²) in [4.78, 5) is 20.3. The first kappa shape index (κ1) is 24.1. The van der Waals surface area contributed by atoms with Gasteiger partial charge in [0, 0.05) is 31.4 Å². The van der Waals surface area contributed by atoms with E-state index in [0.29, 0.717) is 23.1 Å². The smallest absolute Gasteiger partial charge is 0.406 e. The zero-order valence-corrected chi connectivity index (χ0v) is 20.0. The van der Waals surface area contributed by atoms with Crippen molar-refractivity contribution in [3.63, 3.8) is 0 Å². The molecule has 3 aromatic rings. The highest BCUT2D eigenvalue weighted by Gasteiger charge is 2.31. The Morgan fingerprint density at radius 3 is 2.69 bits per heavy atom. The average molecular weight is 516 g/mol. The number of carbonyl (C=O) groups is 1. The van der Waals surface area contributed by atoms with Crippen molar-refractivity contribution in [2.45, 2.75) is 25.4 Å². The number of rotatable bonds is 6. The molecule has 188 valence electrons. The van der Waals surface area contributed by atoms with Crippen LogP contribution in [0.3, 0.4) is 0 Å². The van der Waals surface area contributed by atoms with Crippen LogP contribution in [0.5, 0.6) is 5.75 Å². The van der Waals surface area contributed by atoms with Crippen molar-refractivity contribution in [2.75, 3.05) is 30.4 Å². The maximum Gasteiger partial charge on any atom is 0.573 e. The van der Waals surface area contributed by atoms with Crippen molar-refractivity contribution >= 4 is 33.8 Å². The summed E-state index contributed by atoms with van der Waals surface area (Å²) in [7, 11) is 0. The molecule has 1 aromatic heterocycles. The highest BCUT2D eigenvalue weighted by atomic mass is 32.1. The number of thiophene rings is 1. The van der Waals surface area contributed by atoms with Crippen molar-refractivity contribution in [3.8, 4) is 5.75 Å². The van der Waals surface area contributed by atoms with Gasteiger partial charge in [-0.3, -0.25) is 9.69 Å². The lowest BCUT2D eigenvalue weighted by Crippen LogP contribution is -2.36. The Labute approximate surface area is 210 Å². The summed E-state index contributed by atoms with van der Waals surface area (Å²) in [6.45, 7) is 2.91. The van der Waals surface area contributed by atoms with E-state index in [0.717, 1.165) is 36.6 Å². The Hall–Kier alpha value is -3.57. The number of nitrogens with one attached hydrogen (secondary N) is 3. The summed E-state index contributed by atoms with van der Waals surface area (Å²) in [5.74, 6) is 0.110. The molecule has 2 aliphatic heterocycles. The van der Waals surface area contributed by atoms with Gasteiger partial charge in [0.05, 0.1) is 10.4 Å². The first-order valence-corrected chi connectivity index (χ1v) is 12.3. The molecule has 1 saturated heterocycles. The fraction of sp³-hybridized carbons (Fsp3) is 0.280. The van der Waals surface area contributed by atoms with E-state index in [9.17, 15) is 18.0 Å². The van der Waals surface area contributed by atoms with Crippen LogP contribution in [-0.2, 0) is 6.54 Å². The Bertz CT molecular complexity index is 1240. The number of alkyl halides is 3. The SMILES string of the molecule is O=C(NC1CCN(Cc2ccccc2)C1)c1cc2c(s1)NCN=C2Nc1ccc(OC(F)(F)F)cc1. The molecule has 0 aliphatic carbocycles. The van der Waals surface area contributed by atoms with E-state index in [2.05, 4.69) is 42.7 Å². The molecule has 0 radical (unpaired) electrons. The van der Waals surface area contributed by atoms with Gasteiger partial charge < -0.3 is 20.7 Å². The van der Waals surface area contributed by atoms with Gasteiger partial charge in [0.25, 0.3) is 5.91 Å². The number of fused-ring (bicyclic) bond motifs is 1. The molecule has 1 fully saturated rings. The largest absolute Gasteiger partial charge is 0.573 e. The molecule has 3 N–H and O–H groups in total. The number of anilines is 2. The quantitative estimate of drug-likeness (QED) is 0.436. The lowest BCUT2D eigenvalue weighted by atomic mass is 10.2. The van der Waals surface area contributed by atoms with Crippen LogP contribution in [-0.4, -0.2) is 48.8 Å². The van der Waals surface area contributed by atoms with Crippen LogP contribution in [0.15, 0.2) is 65.7 Å². The molecule has 0 spiro atoms. The fourth-order valence-corrected chi connectivity index (χ4v) is 5.21. The number of halogens is 3. The Kier molecular flexibility index (Phi) is 6.84. The summed E-state index contributed by atoms with van der Waals surface area (Å²) >= 11 is 1.35. The van der Waals surface area contributed by atoms with Crippen LogP contribution in [0.25, 0.3) is 0 Å². The standard InChI is InChI=1S/C25H24F3N5O2S/c26-25(27,28)35-19-8-6-17(7-9-19)31-22-20-12-21(36-24(20)30-15-29-22)23(34)32-18-10-11-33(14-18)13-16-4-2-1-3-5-16/h1-9,12,18,30H,10-11,13-15H2,(H,29,31)(H,32,34). The number of carbonyl (C=O) groups excluding carboxylic acids is 1. The van der Waals surface area contributed by atoms with Crippen molar-refractivity contribution in [2.24, 2.45) is 4.99 Å². The van der Waals surface area contributed by atoms with Crippen molar-refractivity contribution in [1.82, 2.24) is 10.2 Å². The van der Waals surface area contributed by atoms with Gasteiger partial charge in [-0.1, -0.05) is 30.3 Å². The van der Waals surface area contributed by atoms with E-state index in [4.69, 9.17) is 0 Å². The molecule has 3 heterocycles. The zero-order chi connectivity index (χ0) is 25.1. The third-order valence-corrected chi connectivity index (χ3v) is 6.99. The van der Waals surface area contributed by atoms with Gasteiger partial charge in [-0.15, -0.1) is 24.5 Å². The minimum Gasteiger partial charge on any atom is -0.406 e. The van der Waals surface area contributed by atoms with E-state index in [1.54, 1.807) is 6.07 Å². The van der Waals surface area contributed by atoms with Crippen LogP contribution < -0.4 is 20.7 Å². The minimum atomic E-state index is -4.74. The van der Waals surface area contributed by atoms with Crippen LogP contribution in [0.4, 0.5) is 23.9 Å². The summed E-state index contributed by atoms with van der Waals surface area (Å²) in [5, 5.41) is 10.3. The van der Waals surface area contributed by atoms with E-state index in [-0.39, 0.29) is 17.7 Å². The molecule has 5 rings (SSSR count). The van der Waals surface area contributed by atoms with Gasteiger partial charge >= 0.3 is 6.36 Å². The molecule has 0 saturated carbocycles. The molecule has 11 heteroatoms. The molecule has 1 unspecified atom stereocenters. The normalized spacial score (nSPS) is 17.6. The molecule has 0 bridgehead atoms. The third kappa shape index (κ3) is 5.97. The second-order valence-electron chi connectivity index (χ2n) is 8.57. The fourth-order valence-electron chi connectivity index (χ4n) is 4.26. The van der Waals surface area contributed by atoms with E-state index in [1.807, 2.05) is 18.2 Å². The van der Waals surface area contributed by atoms with Gasteiger partial charge in [0.1, 0.15) is 23.3 Å². The first-order chi connectivity index (χ1) is 17.3. The Morgan fingerprint density at radius 2 is 1.94 bits per heavy atom. The number of amides is 1. The first-order valence-electron chi connectivity index (χ1n) is 11.4. The molecular formula is C25H24F3N5O2S. The van der Waals surface area contributed by atoms with E-state index < -0.39 is 6.36 Å². The molecule has 1 atom stereocenters. The number of nitrogens with zero attached hydrogens (tertiary/aromatic N) is 2. The lowest BCUT2D eigenvalue weighted by Gasteiger charge is -2.16. The van der Waals surface area contributed by atoms with E-state index in [1.165, 1.54) is 41.2 Å². The molecule has 1 amide bonds. The zero-order valence-electron chi connectivity index (χ0n) is 19.1. The highest BCUT2D eigenvalue weighted by Crippen LogP contribution is 2.32. The molecule has 7 nitrogen and oxygen atoms in total. The number of likely N-dealkylation sites (tertiary alicyclic amines) is 1. The van der Waals surface area contributed by atoms with Crippen LogP contribution in [0, 0.1) is 0 Å². The Morgan fingerprint density at radius 1 is 1.17 bits per heavy atom. The van der Waals surface area contributed by atoms with Crippen LogP contribution in [0.2, 0.25) is 0 Å². The predicted molar refractivity (Wildman–Crippen MR) is 134 cm³/mol. The summed E-state index contributed by atoms with van der Waals surface area (Å²) in [6, 6.07) is 17.5. The number of ether oxygens (including phenoxy) is 1. The van der Waals surface area contributed by atoms with Gasteiger partial charge in [0.2, 0.25) is 0 Å². The predicted octanol–water partition coefficient (Wildman–Crippen LogP) is 4.89. The third-order valence-electron chi connectivity index (χ3n) is 5.90. The number of amidine groups is 1. The highest BCUT2D eigenvalue weighted by molar-refractivity contribution is 7.18. The summed E-state index contributed by atoms with van der Waals surface area (Å²) < 4.78 is 41.1. The number of hydrogen-bond donors (Lipinski definition) is 3. The van der Waals surface area contributed by atoms with Gasteiger partial charge in [-0.25, -0.2) is 4.99 Å². The lowest BCUT2D eigenvalue weighted by molar-refractivity contribution is -0.274. The molecule has 2 aliphatic rings. The minimum absolute atomic E-state index is 0.0805. The van der Waals surface area contributed by atoms with Gasteiger partial charge in [-0.2, -0.15) is 0 Å². The van der Waals surface area contributed by atoms with Gasteiger partial charge in [-0.05, 0) is 42.3 Å². The molecule has 36 heavy (non-hydrogen) atoms. The summed E-state index contributed by atoms with van der Waals surface area (Å²) in [5.41, 5.74) is 2.55. The second kappa shape index (κ2) is 10.2. The average Bonchev–Trinajstić information content (AvgIpc) is 3.47. The number of aliphatic imine (C=N–C) groups is 1. The van der Waals surface area contributed by atoms with Crippen molar-refractivity contribution in [3.05, 3.63) is 76.7 Å². The second-order valence-corrected chi connectivity index (χ2v) is 9.62. The Balaban J connectivity index is 1.19. The monoisotopic (exact) mass is 515 g/mol. The molecule has 2 aromatic carbocycles. The van der Waals surface area contributed by atoms with Crippen molar-refractivity contribution < 1.29 is 22.7 Å². The van der Waals surface area contributed by atoms with Crippen LogP contribution >= 0.6 is 11.3 Å². The maximum atomic E-state index is 13.0. The van der Waals surface area contributed by atoms with Gasteiger partial charge in [0.15, 0.2) is 0 Å².